The minimum absolute atomic E-state index is 0.00267. The zero-order valence-corrected chi connectivity index (χ0v) is 19.6. The highest BCUT2D eigenvalue weighted by Gasteiger charge is 2.36. The first-order valence-electron chi connectivity index (χ1n) is 11.8. The average molecular weight is 452 g/mol. The maximum Gasteiger partial charge on any atom is 0.256 e. The molecule has 3 atom stereocenters. The number of nitrogens with zero attached hydrogens (tertiary/aromatic N) is 2. The van der Waals surface area contributed by atoms with E-state index in [0.717, 1.165) is 23.2 Å². The molecule has 0 aliphatic carbocycles. The van der Waals surface area contributed by atoms with Crippen LogP contribution in [0.5, 0.6) is 0 Å². The summed E-state index contributed by atoms with van der Waals surface area (Å²) in [4.78, 5) is 29.9. The van der Waals surface area contributed by atoms with E-state index >= 15 is 0 Å². The fourth-order valence-electron chi connectivity index (χ4n) is 4.66. The van der Waals surface area contributed by atoms with Crippen molar-refractivity contribution in [2.45, 2.75) is 45.6 Å². The van der Waals surface area contributed by atoms with E-state index in [1.165, 1.54) is 0 Å². The van der Waals surface area contributed by atoms with E-state index in [0.29, 0.717) is 38.4 Å². The minimum atomic E-state index is -0.288. The van der Waals surface area contributed by atoms with E-state index in [2.05, 4.69) is 5.32 Å². The molecule has 0 aromatic heterocycles. The molecule has 3 unspecified atom stereocenters. The maximum absolute atomic E-state index is 13.2. The topological polar surface area (TPSA) is 71.1 Å². The normalized spacial score (nSPS) is 22.4. The van der Waals surface area contributed by atoms with Crippen LogP contribution in [0.25, 0.3) is 0 Å². The lowest BCUT2D eigenvalue weighted by Gasteiger charge is -2.35. The van der Waals surface area contributed by atoms with Gasteiger partial charge in [-0.25, -0.2) is 0 Å². The van der Waals surface area contributed by atoms with Crippen LogP contribution in [0.15, 0.2) is 48.5 Å². The van der Waals surface area contributed by atoms with E-state index in [4.69, 9.17) is 9.47 Å². The van der Waals surface area contributed by atoms with Crippen LogP contribution in [0.3, 0.4) is 0 Å². The van der Waals surface area contributed by atoms with Gasteiger partial charge in [0.2, 0.25) is 0 Å². The number of hydrogen-bond acceptors (Lipinski definition) is 5. The van der Waals surface area contributed by atoms with Crippen molar-refractivity contribution in [1.82, 2.24) is 9.80 Å². The van der Waals surface area contributed by atoms with E-state index in [1.54, 1.807) is 0 Å². The number of hydrogen-bond donors (Lipinski definition) is 1. The van der Waals surface area contributed by atoms with Gasteiger partial charge in [-0.3, -0.25) is 9.59 Å². The molecule has 0 saturated carbocycles. The van der Waals surface area contributed by atoms with Gasteiger partial charge in [-0.05, 0) is 51.5 Å². The lowest BCUT2D eigenvalue weighted by Crippen LogP contribution is -2.48. The molecule has 2 aromatic carbocycles. The SMILES string of the molecule is CCOCCCN1C(=O)c2ccccc2C1Nc1cccc(C(=O)N2CC(C)OC(C)C2)c1. The predicted octanol–water partition coefficient (Wildman–Crippen LogP) is 3.93. The Kier molecular flexibility index (Phi) is 7.30. The van der Waals surface area contributed by atoms with E-state index < -0.39 is 0 Å². The molecule has 0 spiro atoms. The number of carbonyl (C=O) groups excluding carboxylic acids is 2. The Bertz CT molecular complexity index is 985. The third kappa shape index (κ3) is 5.20. The Hall–Kier alpha value is -2.90. The standard InChI is InChI=1S/C26H33N3O4/c1-4-32-14-8-13-29-24(22-11-5-6-12-23(22)26(29)31)27-21-10-7-9-20(15-21)25(30)28-16-18(2)33-19(3)17-28/h5-7,9-12,15,18-19,24,27H,4,8,13-14,16-17H2,1-3H3. The fraction of sp³-hybridized carbons (Fsp3) is 0.462. The first-order chi connectivity index (χ1) is 16.0. The summed E-state index contributed by atoms with van der Waals surface area (Å²) in [6.07, 6.45) is 0.511. The number of anilines is 1. The summed E-state index contributed by atoms with van der Waals surface area (Å²) in [7, 11) is 0. The van der Waals surface area contributed by atoms with Gasteiger partial charge in [0.25, 0.3) is 11.8 Å². The minimum Gasteiger partial charge on any atom is -0.382 e. The molecule has 7 nitrogen and oxygen atoms in total. The summed E-state index contributed by atoms with van der Waals surface area (Å²) >= 11 is 0. The third-order valence-corrected chi connectivity index (χ3v) is 6.07. The van der Waals surface area contributed by atoms with Crippen molar-refractivity contribution in [3.63, 3.8) is 0 Å². The fourth-order valence-corrected chi connectivity index (χ4v) is 4.66. The van der Waals surface area contributed by atoms with Gasteiger partial charge in [0.15, 0.2) is 0 Å². The van der Waals surface area contributed by atoms with Crippen LogP contribution in [-0.4, -0.2) is 66.7 Å². The van der Waals surface area contributed by atoms with Gasteiger partial charge in [0.1, 0.15) is 6.17 Å². The second kappa shape index (κ2) is 10.4. The van der Waals surface area contributed by atoms with Gasteiger partial charge in [-0.2, -0.15) is 0 Å². The molecule has 1 N–H and O–H groups in total. The molecule has 0 bridgehead atoms. The molecule has 2 heterocycles. The van der Waals surface area contributed by atoms with Crippen LogP contribution in [0, 0.1) is 0 Å². The van der Waals surface area contributed by atoms with Crippen LogP contribution in [0.1, 0.15) is 59.6 Å². The summed E-state index contributed by atoms with van der Waals surface area (Å²) in [5.41, 5.74) is 3.10. The van der Waals surface area contributed by atoms with Gasteiger partial charge in [0.05, 0.1) is 12.2 Å². The molecule has 2 amide bonds. The Morgan fingerprint density at radius 1 is 1.12 bits per heavy atom. The summed E-state index contributed by atoms with van der Waals surface area (Å²) in [6, 6.07) is 15.2. The summed E-state index contributed by atoms with van der Waals surface area (Å²) in [5, 5.41) is 3.50. The quantitative estimate of drug-likeness (QED) is 0.616. The highest BCUT2D eigenvalue weighted by atomic mass is 16.5. The molecule has 1 fully saturated rings. The van der Waals surface area contributed by atoms with Crippen molar-refractivity contribution in [2.75, 3.05) is 38.2 Å². The van der Waals surface area contributed by atoms with Crippen molar-refractivity contribution in [3.05, 3.63) is 65.2 Å². The molecular formula is C26H33N3O4. The van der Waals surface area contributed by atoms with Crippen molar-refractivity contribution < 1.29 is 19.1 Å². The highest BCUT2D eigenvalue weighted by molar-refractivity contribution is 5.99. The number of amides is 2. The smallest absolute Gasteiger partial charge is 0.256 e. The summed E-state index contributed by atoms with van der Waals surface area (Å²) in [6.45, 7) is 8.98. The molecule has 2 aliphatic heterocycles. The molecule has 33 heavy (non-hydrogen) atoms. The highest BCUT2D eigenvalue weighted by Crippen LogP contribution is 2.34. The van der Waals surface area contributed by atoms with Gasteiger partial charge < -0.3 is 24.6 Å². The molecule has 1 saturated heterocycles. The van der Waals surface area contributed by atoms with E-state index in [1.807, 2.05) is 79.1 Å². The number of ether oxygens (including phenoxy) is 2. The lowest BCUT2D eigenvalue weighted by atomic mass is 10.1. The molecule has 2 aliphatic rings. The molecule has 7 heteroatoms. The molecular weight excluding hydrogens is 418 g/mol. The number of carbonyl (C=O) groups is 2. The number of nitrogens with one attached hydrogen (secondary N) is 1. The van der Waals surface area contributed by atoms with Gasteiger partial charge in [0, 0.05) is 55.2 Å². The Labute approximate surface area is 195 Å². The Balaban J connectivity index is 1.53. The summed E-state index contributed by atoms with van der Waals surface area (Å²) < 4.78 is 11.2. The first kappa shape index (κ1) is 23.3. The van der Waals surface area contributed by atoms with E-state index in [9.17, 15) is 9.59 Å². The number of morpholine rings is 1. The van der Waals surface area contributed by atoms with Crippen LogP contribution < -0.4 is 5.32 Å². The van der Waals surface area contributed by atoms with Crippen LogP contribution in [0.2, 0.25) is 0 Å². The van der Waals surface area contributed by atoms with Crippen molar-refractivity contribution in [1.29, 1.82) is 0 Å². The van der Waals surface area contributed by atoms with Gasteiger partial charge >= 0.3 is 0 Å². The second-order valence-electron chi connectivity index (χ2n) is 8.73. The average Bonchev–Trinajstić information content (AvgIpc) is 3.07. The lowest BCUT2D eigenvalue weighted by molar-refractivity contribution is -0.0586. The van der Waals surface area contributed by atoms with Gasteiger partial charge in [-0.1, -0.05) is 24.3 Å². The van der Waals surface area contributed by atoms with Crippen LogP contribution in [-0.2, 0) is 9.47 Å². The van der Waals surface area contributed by atoms with E-state index in [-0.39, 0.29) is 30.2 Å². The predicted molar refractivity (Wildman–Crippen MR) is 127 cm³/mol. The van der Waals surface area contributed by atoms with Crippen LogP contribution >= 0.6 is 0 Å². The zero-order valence-electron chi connectivity index (χ0n) is 19.6. The largest absolute Gasteiger partial charge is 0.382 e. The van der Waals surface area contributed by atoms with Gasteiger partial charge in [-0.15, -0.1) is 0 Å². The number of benzene rings is 2. The van der Waals surface area contributed by atoms with Crippen LogP contribution in [0.4, 0.5) is 5.69 Å². The van der Waals surface area contributed by atoms with Crippen molar-refractivity contribution in [3.8, 4) is 0 Å². The van der Waals surface area contributed by atoms with Crippen molar-refractivity contribution >= 4 is 17.5 Å². The molecule has 2 aromatic rings. The monoisotopic (exact) mass is 451 g/mol. The first-order valence-corrected chi connectivity index (χ1v) is 11.8. The Morgan fingerprint density at radius 3 is 2.64 bits per heavy atom. The molecule has 176 valence electrons. The third-order valence-electron chi connectivity index (χ3n) is 6.07. The zero-order chi connectivity index (χ0) is 23.4. The number of rotatable bonds is 8. The molecule has 0 radical (unpaired) electrons. The maximum atomic E-state index is 13.2. The Morgan fingerprint density at radius 2 is 1.88 bits per heavy atom. The number of fused-ring (bicyclic) bond motifs is 1. The molecule has 4 rings (SSSR count). The summed E-state index contributed by atoms with van der Waals surface area (Å²) in [5.74, 6) is 0.0141. The van der Waals surface area contributed by atoms with Crippen molar-refractivity contribution in [2.24, 2.45) is 0 Å². The second-order valence-corrected chi connectivity index (χ2v) is 8.73.